The predicted molar refractivity (Wildman–Crippen MR) is 254 cm³/mol. The largest absolute Gasteiger partial charge is 0.480 e. The van der Waals surface area contributed by atoms with Gasteiger partial charge in [-0.05, 0) is 77.0 Å². The number of hydrogen-bond acceptors (Lipinski definition) is 8. The van der Waals surface area contributed by atoms with Gasteiger partial charge in [0.05, 0.1) is 13.2 Å². The minimum absolute atomic E-state index is 0.142. The Kier molecular flexibility index (Phi) is 42.7. The van der Waals surface area contributed by atoms with Gasteiger partial charge in [-0.2, -0.15) is 0 Å². The summed E-state index contributed by atoms with van der Waals surface area (Å²) in [6, 6.07) is -1.55. The monoisotopic (exact) mass is 894 g/mol. The number of carboxylic acid groups (broad SMARTS) is 1. The van der Waals surface area contributed by atoms with E-state index in [0.717, 1.165) is 77.0 Å². The molecular weight excluding hydrogens is 806 g/mol. The standard InChI is InChI=1S/C50H88NO10P/c1-3-5-7-9-11-13-15-17-19-20-21-22-23-24-25-26-28-29-31-33-35-37-39-41-48(53)51-47(50(55)56)45-61-62(57,58)60-44-46(52)43-59-49(54)42-40-38-36-34-32-30-27-18-16-14-12-10-8-6-4-2/h6,8,11-14,17-19,27,46-47,52H,3-5,7,9-10,15-16,20-26,28-45H2,1-2H3,(H,51,53)(H,55,56)(H,57,58)/b8-6-,13-11-,14-12-,19-17-,27-18-. The number of unbranched alkanes of at least 4 members (excludes halogenated alkanes) is 21. The molecule has 0 radical (unpaired) electrons. The summed E-state index contributed by atoms with van der Waals surface area (Å²) >= 11 is 0. The number of carbonyl (C=O) groups excluding carboxylic acids is 2. The Hall–Kier alpha value is -2.82. The number of aliphatic carboxylic acids is 1. The molecule has 0 fully saturated rings. The fourth-order valence-corrected chi connectivity index (χ4v) is 7.31. The lowest BCUT2D eigenvalue weighted by atomic mass is 10.0. The Morgan fingerprint density at radius 2 is 0.935 bits per heavy atom. The zero-order valence-corrected chi connectivity index (χ0v) is 39.8. The van der Waals surface area contributed by atoms with Crippen molar-refractivity contribution in [3.63, 3.8) is 0 Å². The van der Waals surface area contributed by atoms with Crippen LogP contribution in [0.1, 0.15) is 206 Å². The van der Waals surface area contributed by atoms with E-state index >= 15 is 0 Å². The lowest BCUT2D eigenvalue weighted by Gasteiger charge is -2.18. The highest BCUT2D eigenvalue weighted by Crippen LogP contribution is 2.43. The summed E-state index contributed by atoms with van der Waals surface area (Å²) in [7, 11) is -4.77. The van der Waals surface area contributed by atoms with Gasteiger partial charge in [-0.1, -0.05) is 177 Å². The van der Waals surface area contributed by atoms with Crippen LogP contribution in [0.4, 0.5) is 0 Å². The summed E-state index contributed by atoms with van der Waals surface area (Å²) in [6.45, 7) is 2.45. The number of carboxylic acids is 1. The van der Waals surface area contributed by atoms with Crippen molar-refractivity contribution in [2.24, 2.45) is 0 Å². The van der Waals surface area contributed by atoms with Gasteiger partial charge < -0.3 is 25.2 Å². The van der Waals surface area contributed by atoms with Gasteiger partial charge in [0.15, 0.2) is 6.04 Å². The van der Waals surface area contributed by atoms with E-state index < -0.39 is 57.6 Å². The summed E-state index contributed by atoms with van der Waals surface area (Å²) in [5.41, 5.74) is 0. The van der Waals surface area contributed by atoms with Crippen molar-refractivity contribution in [2.45, 2.75) is 219 Å². The Labute approximate surface area is 376 Å². The Balaban J connectivity index is 3.85. The molecule has 0 aliphatic heterocycles. The number of phosphoric ester groups is 1. The van der Waals surface area contributed by atoms with Gasteiger partial charge in [0.1, 0.15) is 12.7 Å². The maximum absolute atomic E-state index is 12.4. The molecule has 3 unspecified atom stereocenters. The number of allylic oxidation sites excluding steroid dienone is 10. The van der Waals surface area contributed by atoms with Crippen molar-refractivity contribution in [3.8, 4) is 0 Å². The lowest BCUT2D eigenvalue weighted by Crippen LogP contribution is -2.43. The normalized spacial score (nSPS) is 14.1. The van der Waals surface area contributed by atoms with Crippen LogP contribution in [0.2, 0.25) is 0 Å². The summed E-state index contributed by atoms with van der Waals surface area (Å²) in [5, 5.41) is 21.9. The molecule has 12 heteroatoms. The van der Waals surface area contributed by atoms with Crippen LogP contribution in [0.5, 0.6) is 0 Å². The molecule has 0 aromatic rings. The van der Waals surface area contributed by atoms with Crippen LogP contribution in [0.25, 0.3) is 0 Å². The van der Waals surface area contributed by atoms with Crippen molar-refractivity contribution in [3.05, 3.63) is 60.8 Å². The molecule has 11 nitrogen and oxygen atoms in total. The zero-order chi connectivity index (χ0) is 45.6. The minimum Gasteiger partial charge on any atom is -0.480 e. The van der Waals surface area contributed by atoms with Gasteiger partial charge in [-0.25, -0.2) is 9.36 Å². The highest BCUT2D eigenvalue weighted by atomic mass is 31.2. The van der Waals surface area contributed by atoms with E-state index in [0.29, 0.717) is 12.8 Å². The quantitative estimate of drug-likeness (QED) is 0.0200. The molecule has 4 N–H and O–H groups in total. The van der Waals surface area contributed by atoms with Crippen LogP contribution >= 0.6 is 7.82 Å². The Morgan fingerprint density at radius 1 is 0.532 bits per heavy atom. The second kappa shape index (κ2) is 44.8. The number of phosphoric acid groups is 1. The van der Waals surface area contributed by atoms with Crippen LogP contribution in [-0.2, 0) is 32.7 Å². The molecule has 0 spiro atoms. The summed E-state index contributed by atoms with van der Waals surface area (Å²) in [6.07, 6.45) is 52.4. The first-order valence-electron chi connectivity index (χ1n) is 24.3. The van der Waals surface area contributed by atoms with Crippen molar-refractivity contribution in [1.82, 2.24) is 5.32 Å². The second-order valence-corrected chi connectivity index (χ2v) is 17.7. The van der Waals surface area contributed by atoms with Crippen LogP contribution in [0.3, 0.4) is 0 Å². The summed E-state index contributed by atoms with van der Waals surface area (Å²) in [4.78, 5) is 46.0. The number of aliphatic hydroxyl groups is 1. The first-order valence-corrected chi connectivity index (χ1v) is 25.8. The zero-order valence-electron chi connectivity index (χ0n) is 38.9. The van der Waals surface area contributed by atoms with Gasteiger partial charge in [-0.15, -0.1) is 0 Å². The third-order valence-electron chi connectivity index (χ3n) is 10.3. The molecule has 62 heavy (non-hydrogen) atoms. The molecule has 0 aromatic heterocycles. The highest BCUT2D eigenvalue weighted by molar-refractivity contribution is 7.47. The molecule has 3 atom stereocenters. The van der Waals surface area contributed by atoms with Gasteiger partial charge in [-0.3, -0.25) is 18.6 Å². The minimum atomic E-state index is -4.77. The first kappa shape index (κ1) is 59.2. The fraction of sp³-hybridized carbons (Fsp3) is 0.740. The second-order valence-electron chi connectivity index (χ2n) is 16.3. The molecule has 0 rings (SSSR count). The lowest BCUT2D eigenvalue weighted by molar-refractivity contribution is -0.147. The van der Waals surface area contributed by atoms with Crippen LogP contribution in [0.15, 0.2) is 60.8 Å². The van der Waals surface area contributed by atoms with Gasteiger partial charge in [0, 0.05) is 12.8 Å². The van der Waals surface area contributed by atoms with E-state index in [9.17, 15) is 34.1 Å². The van der Waals surface area contributed by atoms with E-state index in [1.165, 1.54) is 89.9 Å². The molecule has 0 saturated carbocycles. The van der Waals surface area contributed by atoms with Crippen molar-refractivity contribution >= 4 is 25.7 Å². The SMILES string of the molecule is CC/C=C\C/C=C\C/C=C\CCCCCCCC(=O)OCC(O)COP(=O)(O)OCC(NC(=O)CCCCCCCCCCCCCCC/C=C\C/C=C\CCCCC)C(=O)O. The Bertz CT molecular complexity index is 1280. The fourth-order valence-electron chi connectivity index (χ4n) is 6.54. The molecule has 0 aliphatic carbocycles. The van der Waals surface area contributed by atoms with Crippen LogP contribution in [0, 0.1) is 0 Å². The van der Waals surface area contributed by atoms with E-state index in [-0.39, 0.29) is 12.8 Å². The average molecular weight is 894 g/mol. The van der Waals surface area contributed by atoms with Crippen LogP contribution < -0.4 is 5.32 Å². The summed E-state index contributed by atoms with van der Waals surface area (Å²) in [5.74, 6) is -2.39. The molecule has 0 aliphatic rings. The molecule has 358 valence electrons. The average Bonchev–Trinajstić information content (AvgIpc) is 3.25. The van der Waals surface area contributed by atoms with Crippen molar-refractivity contribution in [1.29, 1.82) is 0 Å². The van der Waals surface area contributed by atoms with E-state index in [4.69, 9.17) is 13.8 Å². The smallest absolute Gasteiger partial charge is 0.472 e. The number of ether oxygens (including phenoxy) is 1. The maximum Gasteiger partial charge on any atom is 0.472 e. The molecular formula is C50H88NO10P. The van der Waals surface area contributed by atoms with E-state index in [1.807, 2.05) is 0 Å². The molecule has 1 amide bonds. The molecule has 0 aromatic carbocycles. The molecule has 0 heterocycles. The number of esters is 1. The maximum atomic E-state index is 12.4. The highest BCUT2D eigenvalue weighted by Gasteiger charge is 2.28. The summed E-state index contributed by atoms with van der Waals surface area (Å²) < 4.78 is 26.9. The molecule has 0 saturated heterocycles. The third-order valence-corrected chi connectivity index (χ3v) is 11.2. The van der Waals surface area contributed by atoms with Gasteiger partial charge in [0.25, 0.3) is 0 Å². The van der Waals surface area contributed by atoms with E-state index in [2.05, 4.69) is 79.9 Å². The predicted octanol–water partition coefficient (Wildman–Crippen LogP) is 13.1. The van der Waals surface area contributed by atoms with Gasteiger partial charge >= 0.3 is 19.8 Å². The Morgan fingerprint density at radius 3 is 1.40 bits per heavy atom. The first-order chi connectivity index (χ1) is 30.1. The number of hydrogen-bond donors (Lipinski definition) is 4. The number of carbonyl (C=O) groups is 3. The third kappa shape index (κ3) is 43.8. The van der Waals surface area contributed by atoms with Crippen LogP contribution in [-0.4, -0.2) is 64.9 Å². The van der Waals surface area contributed by atoms with Crippen molar-refractivity contribution in [2.75, 3.05) is 19.8 Å². The number of amides is 1. The number of nitrogens with one attached hydrogen (secondary N) is 1. The van der Waals surface area contributed by atoms with E-state index in [1.54, 1.807) is 0 Å². The number of aliphatic hydroxyl groups excluding tert-OH is 1. The number of rotatable bonds is 45. The van der Waals surface area contributed by atoms with Gasteiger partial charge in [0.2, 0.25) is 5.91 Å². The topological polar surface area (TPSA) is 169 Å². The molecule has 0 bridgehead atoms. The van der Waals surface area contributed by atoms with Crippen molar-refractivity contribution < 1.29 is 47.8 Å².